The third-order valence-corrected chi connectivity index (χ3v) is 3.65. The number of amides is 2. The van der Waals surface area contributed by atoms with Crippen LogP contribution in [0.25, 0.3) is 0 Å². The fraction of sp³-hybridized carbons (Fsp3) is 0.188. The van der Waals surface area contributed by atoms with Gasteiger partial charge in [0.25, 0.3) is 5.91 Å². The molecule has 1 aromatic carbocycles. The second-order valence-electron chi connectivity index (χ2n) is 5.15. The minimum absolute atomic E-state index is 0.136. The van der Waals surface area contributed by atoms with Crippen LogP contribution in [0.5, 0.6) is 0 Å². The van der Waals surface area contributed by atoms with E-state index in [1.54, 1.807) is 25.1 Å². The molecule has 3 rings (SSSR count). The number of rotatable bonds is 3. The average molecular weight is 299 g/mol. The van der Waals surface area contributed by atoms with E-state index in [1.165, 1.54) is 12.3 Å². The van der Waals surface area contributed by atoms with Crippen LogP contribution in [0.3, 0.4) is 0 Å². The van der Waals surface area contributed by atoms with Gasteiger partial charge in [0, 0.05) is 23.0 Å². The van der Waals surface area contributed by atoms with Gasteiger partial charge < -0.3 is 10.6 Å². The number of nitrogens with zero attached hydrogens (tertiary/aromatic N) is 1. The summed E-state index contributed by atoms with van der Waals surface area (Å²) in [6, 6.07) is 6.14. The largest absolute Gasteiger partial charge is 0.345 e. The first-order chi connectivity index (χ1) is 10.6. The predicted molar refractivity (Wildman–Crippen MR) is 78.9 cm³/mol. The lowest BCUT2D eigenvalue weighted by Crippen LogP contribution is -2.28. The van der Waals surface area contributed by atoms with Crippen LogP contribution in [0.15, 0.2) is 36.7 Å². The van der Waals surface area contributed by atoms with Gasteiger partial charge in [0.1, 0.15) is 5.82 Å². The van der Waals surface area contributed by atoms with E-state index in [-0.39, 0.29) is 18.2 Å². The molecule has 0 spiro atoms. The first kappa shape index (κ1) is 14.2. The minimum atomic E-state index is -0.503. The van der Waals surface area contributed by atoms with Gasteiger partial charge >= 0.3 is 0 Å². The molecule has 112 valence electrons. The SMILES string of the molecule is C[C@H](NC(=O)c1cccc2c1CC(=O)N2)c1ccncc1F. The highest BCUT2D eigenvalue weighted by Gasteiger charge is 2.24. The molecule has 0 unspecified atom stereocenters. The van der Waals surface area contributed by atoms with Crippen molar-refractivity contribution < 1.29 is 14.0 Å². The first-order valence-electron chi connectivity index (χ1n) is 6.88. The topological polar surface area (TPSA) is 71.1 Å². The maximum Gasteiger partial charge on any atom is 0.252 e. The smallest absolute Gasteiger partial charge is 0.252 e. The third kappa shape index (κ3) is 2.55. The molecule has 0 bridgehead atoms. The Morgan fingerprint density at radius 2 is 2.23 bits per heavy atom. The molecular formula is C16H14FN3O2. The molecule has 2 N–H and O–H groups in total. The number of anilines is 1. The summed E-state index contributed by atoms with van der Waals surface area (Å²) in [5.41, 5.74) is 2.12. The summed E-state index contributed by atoms with van der Waals surface area (Å²) < 4.78 is 13.7. The number of pyridine rings is 1. The standard InChI is InChI=1S/C16H14FN3O2/c1-9(10-5-6-18-8-13(10)17)19-16(22)11-3-2-4-14-12(11)7-15(21)20-14/h2-6,8-9H,7H2,1H3,(H,19,22)(H,20,21)/t9-/m0/s1. The van der Waals surface area contributed by atoms with Gasteiger partial charge in [-0.2, -0.15) is 0 Å². The molecule has 5 nitrogen and oxygen atoms in total. The summed E-state index contributed by atoms with van der Waals surface area (Å²) in [5.74, 6) is -0.939. The van der Waals surface area contributed by atoms with E-state index in [1.807, 2.05) is 0 Å². The number of hydrogen-bond acceptors (Lipinski definition) is 3. The van der Waals surface area contributed by atoms with Gasteiger partial charge in [-0.15, -0.1) is 0 Å². The molecule has 2 amide bonds. The average Bonchev–Trinajstić information content (AvgIpc) is 2.87. The second kappa shape index (κ2) is 5.55. The number of carbonyl (C=O) groups is 2. The molecule has 0 aliphatic carbocycles. The summed E-state index contributed by atoms with van der Waals surface area (Å²) in [5, 5.41) is 5.45. The molecule has 1 aromatic heterocycles. The Kier molecular flexibility index (Phi) is 3.58. The Labute approximate surface area is 126 Å². The van der Waals surface area contributed by atoms with E-state index in [0.29, 0.717) is 22.4 Å². The molecule has 0 saturated carbocycles. The molecule has 1 atom stereocenters. The Morgan fingerprint density at radius 1 is 1.41 bits per heavy atom. The van der Waals surface area contributed by atoms with Crippen LogP contribution in [-0.2, 0) is 11.2 Å². The molecule has 1 aliphatic heterocycles. The van der Waals surface area contributed by atoms with Crippen molar-refractivity contribution in [3.63, 3.8) is 0 Å². The monoisotopic (exact) mass is 299 g/mol. The second-order valence-corrected chi connectivity index (χ2v) is 5.15. The fourth-order valence-electron chi connectivity index (χ4n) is 2.55. The Morgan fingerprint density at radius 3 is 3.00 bits per heavy atom. The summed E-state index contributed by atoms with van der Waals surface area (Å²) in [7, 11) is 0. The lowest BCUT2D eigenvalue weighted by Gasteiger charge is -2.16. The highest BCUT2D eigenvalue weighted by atomic mass is 19.1. The van der Waals surface area contributed by atoms with Gasteiger partial charge in [-0.25, -0.2) is 4.39 Å². The number of fused-ring (bicyclic) bond motifs is 1. The Balaban J connectivity index is 1.83. The van der Waals surface area contributed by atoms with Crippen LogP contribution >= 0.6 is 0 Å². The van der Waals surface area contributed by atoms with Gasteiger partial charge in [0.15, 0.2) is 0 Å². The van der Waals surface area contributed by atoms with Gasteiger partial charge in [-0.1, -0.05) is 6.07 Å². The van der Waals surface area contributed by atoms with Crippen LogP contribution in [0, 0.1) is 5.82 Å². The van der Waals surface area contributed by atoms with Crippen molar-refractivity contribution in [2.24, 2.45) is 0 Å². The fourth-order valence-corrected chi connectivity index (χ4v) is 2.55. The first-order valence-corrected chi connectivity index (χ1v) is 6.88. The Hall–Kier alpha value is -2.76. The van der Waals surface area contributed by atoms with Crippen molar-refractivity contribution in [3.8, 4) is 0 Å². The van der Waals surface area contributed by atoms with E-state index >= 15 is 0 Å². The zero-order valence-electron chi connectivity index (χ0n) is 11.9. The van der Waals surface area contributed by atoms with Gasteiger partial charge in [-0.3, -0.25) is 14.6 Å². The zero-order valence-corrected chi connectivity index (χ0v) is 11.9. The molecule has 0 fully saturated rings. The van der Waals surface area contributed by atoms with E-state index < -0.39 is 11.9 Å². The van der Waals surface area contributed by atoms with Crippen molar-refractivity contribution in [2.45, 2.75) is 19.4 Å². The van der Waals surface area contributed by atoms with Crippen LogP contribution in [0.1, 0.15) is 34.5 Å². The Bertz CT molecular complexity index is 761. The zero-order chi connectivity index (χ0) is 15.7. The molecule has 2 aromatic rings. The number of benzene rings is 1. The van der Waals surface area contributed by atoms with Gasteiger partial charge in [0.05, 0.1) is 18.7 Å². The number of carbonyl (C=O) groups excluding carboxylic acids is 2. The maximum atomic E-state index is 13.7. The molecule has 22 heavy (non-hydrogen) atoms. The van der Waals surface area contributed by atoms with Crippen molar-refractivity contribution in [1.82, 2.24) is 10.3 Å². The number of nitrogens with one attached hydrogen (secondary N) is 2. The lowest BCUT2D eigenvalue weighted by atomic mass is 10.0. The number of aromatic nitrogens is 1. The van der Waals surface area contributed by atoms with Crippen molar-refractivity contribution >= 4 is 17.5 Å². The van der Waals surface area contributed by atoms with E-state index in [9.17, 15) is 14.0 Å². The number of halogens is 1. The molecule has 0 radical (unpaired) electrons. The van der Waals surface area contributed by atoms with Crippen LogP contribution in [0.2, 0.25) is 0 Å². The highest BCUT2D eigenvalue weighted by Crippen LogP contribution is 2.26. The van der Waals surface area contributed by atoms with Crippen molar-refractivity contribution in [3.05, 3.63) is 59.2 Å². The van der Waals surface area contributed by atoms with E-state index in [0.717, 1.165) is 6.20 Å². The van der Waals surface area contributed by atoms with E-state index in [4.69, 9.17) is 0 Å². The summed E-state index contributed by atoms with van der Waals surface area (Å²) in [6.45, 7) is 1.70. The molecule has 2 heterocycles. The predicted octanol–water partition coefficient (Wildman–Crippen LogP) is 2.21. The summed E-state index contributed by atoms with van der Waals surface area (Å²) in [6.07, 6.45) is 2.77. The highest BCUT2D eigenvalue weighted by molar-refractivity contribution is 6.05. The molecule has 6 heteroatoms. The van der Waals surface area contributed by atoms with Crippen LogP contribution < -0.4 is 10.6 Å². The van der Waals surface area contributed by atoms with Crippen LogP contribution in [-0.4, -0.2) is 16.8 Å². The molecular weight excluding hydrogens is 285 g/mol. The third-order valence-electron chi connectivity index (χ3n) is 3.65. The molecule has 0 saturated heterocycles. The van der Waals surface area contributed by atoms with Crippen molar-refractivity contribution in [1.29, 1.82) is 0 Å². The minimum Gasteiger partial charge on any atom is -0.345 e. The summed E-state index contributed by atoms with van der Waals surface area (Å²) >= 11 is 0. The van der Waals surface area contributed by atoms with Crippen LogP contribution in [0.4, 0.5) is 10.1 Å². The van der Waals surface area contributed by atoms with Gasteiger partial charge in [-0.05, 0) is 30.7 Å². The maximum absolute atomic E-state index is 13.7. The molecule has 1 aliphatic rings. The van der Waals surface area contributed by atoms with Gasteiger partial charge in [0.2, 0.25) is 5.91 Å². The van der Waals surface area contributed by atoms with Crippen molar-refractivity contribution in [2.75, 3.05) is 5.32 Å². The summed E-state index contributed by atoms with van der Waals surface area (Å²) in [4.78, 5) is 27.6. The normalized spacial score (nSPS) is 14.2. The quantitative estimate of drug-likeness (QED) is 0.912. The lowest BCUT2D eigenvalue weighted by molar-refractivity contribution is -0.115. The van der Waals surface area contributed by atoms with E-state index in [2.05, 4.69) is 15.6 Å². The number of hydrogen-bond donors (Lipinski definition) is 2.